The van der Waals surface area contributed by atoms with Crippen LogP contribution in [-0.4, -0.2) is 40.4 Å². The van der Waals surface area contributed by atoms with Gasteiger partial charge in [0.25, 0.3) is 0 Å². The predicted molar refractivity (Wildman–Crippen MR) is 90.4 cm³/mol. The molecule has 2 bridgehead atoms. The largest absolute Gasteiger partial charge is 0.392 e. The molecule has 4 nitrogen and oxygen atoms in total. The molecule has 24 heavy (non-hydrogen) atoms. The lowest BCUT2D eigenvalue weighted by Gasteiger charge is -2.61. The summed E-state index contributed by atoms with van der Waals surface area (Å²) in [5.74, 6) is 0.434. The summed E-state index contributed by atoms with van der Waals surface area (Å²) in [7, 11) is 0. The highest BCUT2D eigenvalue weighted by atomic mass is 16.5. The molecule has 0 radical (unpaired) electrons. The van der Waals surface area contributed by atoms with E-state index in [1.807, 2.05) is 6.92 Å². The van der Waals surface area contributed by atoms with Gasteiger partial charge in [-0.3, -0.25) is 4.79 Å². The second-order valence-corrected chi connectivity index (χ2v) is 9.40. The van der Waals surface area contributed by atoms with E-state index in [-0.39, 0.29) is 23.7 Å². The highest BCUT2D eigenvalue weighted by Crippen LogP contribution is 2.60. The first-order valence-electron chi connectivity index (χ1n) is 9.36. The smallest absolute Gasteiger partial charge is 0.145 e. The van der Waals surface area contributed by atoms with Gasteiger partial charge in [0.1, 0.15) is 5.78 Å². The standard InChI is InChI=1S/C20H30O4/c1-11-5-6-20(23)9-14-12-10-24-15(12)8-17(22)19(14,4)16(21)7-13(11)18(20,2)3/h12,14-15,17,22-23H,5-10H2,1-4H3/t12?,14?,15-,17+,19-,20-/m1/s1. The summed E-state index contributed by atoms with van der Waals surface area (Å²) in [6.07, 6.45) is 2.47. The van der Waals surface area contributed by atoms with E-state index in [0.29, 0.717) is 25.9 Å². The molecule has 0 spiro atoms. The Morgan fingerprint density at radius 2 is 1.96 bits per heavy atom. The summed E-state index contributed by atoms with van der Waals surface area (Å²) in [5, 5.41) is 22.5. The van der Waals surface area contributed by atoms with Crippen molar-refractivity contribution in [2.75, 3.05) is 6.61 Å². The number of fused-ring (bicyclic) bond motifs is 5. The van der Waals surface area contributed by atoms with Crippen molar-refractivity contribution in [1.82, 2.24) is 0 Å². The monoisotopic (exact) mass is 334 g/mol. The number of aliphatic hydroxyl groups excluding tert-OH is 1. The molecule has 0 aromatic rings. The lowest BCUT2D eigenvalue weighted by Crippen LogP contribution is -2.66. The van der Waals surface area contributed by atoms with E-state index in [2.05, 4.69) is 20.8 Å². The van der Waals surface area contributed by atoms with Gasteiger partial charge in [-0.15, -0.1) is 0 Å². The topological polar surface area (TPSA) is 66.8 Å². The van der Waals surface area contributed by atoms with Crippen molar-refractivity contribution in [2.45, 2.75) is 77.6 Å². The quantitative estimate of drug-likeness (QED) is 0.668. The van der Waals surface area contributed by atoms with Crippen molar-refractivity contribution in [3.63, 3.8) is 0 Å². The fourth-order valence-electron chi connectivity index (χ4n) is 5.99. The van der Waals surface area contributed by atoms with E-state index in [1.165, 1.54) is 5.57 Å². The first-order valence-corrected chi connectivity index (χ1v) is 9.36. The Hall–Kier alpha value is -0.710. The maximum absolute atomic E-state index is 13.3. The summed E-state index contributed by atoms with van der Waals surface area (Å²) < 4.78 is 5.65. The first-order chi connectivity index (χ1) is 11.1. The van der Waals surface area contributed by atoms with Crippen LogP contribution < -0.4 is 0 Å². The first kappa shape index (κ1) is 16.7. The molecule has 6 atom stereocenters. The number of hydrogen-bond acceptors (Lipinski definition) is 4. The molecule has 1 aliphatic heterocycles. The number of ether oxygens (including phenoxy) is 1. The van der Waals surface area contributed by atoms with Crippen LogP contribution in [0.3, 0.4) is 0 Å². The molecule has 4 aliphatic rings. The zero-order valence-electron chi connectivity index (χ0n) is 15.3. The fraction of sp³-hybridized carbons (Fsp3) is 0.850. The van der Waals surface area contributed by atoms with Gasteiger partial charge in [-0.2, -0.15) is 0 Å². The van der Waals surface area contributed by atoms with Gasteiger partial charge in [-0.05, 0) is 39.0 Å². The Morgan fingerprint density at radius 3 is 2.58 bits per heavy atom. The molecule has 0 amide bonds. The number of Topliss-reactive ketones (excluding diaryl/α,β-unsaturated/α-hetero) is 1. The molecular formula is C20H30O4. The highest BCUT2D eigenvalue weighted by molar-refractivity contribution is 5.88. The van der Waals surface area contributed by atoms with Gasteiger partial charge < -0.3 is 14.9 Å². The minimum atomic E-state index is -0.814. The lowest BCUT2D eigenvalue weighted by atomic mass is 9.48. The predicted octanol–water partition coefficient (Wildman–Crippen LogP) is 2.62. The Morgan fingerprint density at radius 1 is 1.25 bits per heavy atom. The van der Waals surface area contributed by atoms with Gasteiger partial charge in [-0.25, -0.2) is 0 Å². The molecule has 2 saturated carbocycles. The van der Waals surface area contributed by atoms with E-state index < -0.39 is 22.5 Å². The van der Waals surface area contributed by atoms with Crippen LogP contribution in [0.15, 0.2) is 11.1 Å². The summed E-state index contributed by atoms with van der Waals surface area (Å²) in [4.78, 5) is 13.3. The summed E-state index contributed by atoms with van der Waals surface area (Å²) in [6.45, 7) is 8.87. The maximum Gasteiger partial charge on any atom is 0.145 e. The van der Waals surface area contributed by atoms with E-state index in [1.54, 1.807) is 0 Å². The molecule has 1 saturated heterocycles. The molecular weight excluding hydrogens is 304 g/mol. The second kappa shape index (κ2) is 4.93. The van der Waals surface area contributed by atoms with Gasteiger partial charge in [0.2, 0.25) is 0 Å². The Balaban J connectivity index is 1.85. The Labute approximate surface area is 144 Å². The molecule has 0 aromatic carbocycles. The third-order valence-corrected chi connectivity index (χ3v) is 8.26. The van der Waals surface area contributed by atoms with Crippen LogP contribution in [0, 0.1) is 22.7 Å². The van der Waals surface area contributed by atoms with Gasteiger partial charge >= 0.3 is 0 Å². The number of ketones is 1. The highest BCUT2D eigenvalue weighted by Gasteiger charge is 2.63. The molecule has 134 valence electrons. The van der Waals surface area contributed by atoms with Crippen molar-refractivity contribution in [1.29, 1.82) is 0 Å². The van der Waals surface area contributed by atoms with Crippen LogP contribution in [-0.2, 0) is 9.53 Å². The molecule has 3 fully saturated rings. The van der Waals surface area contributed by atoms with E-state index in [9.17, 15) is 15.0 Å². The number of rotatable bonds is 0. The number of carbonyl (C=O) groups is 1. The van der Waals surface area contributed by atoms with Crippen LogP contribution in [0.4, 0.5) is 0 Å². The maximum atomic E-state index is 13.3. The van der Waals surface area contributed by atoms with Gasteiger partial charge in [0, 0.05) is 24.2 Å². The van der Waals surface area contributed by atoms with Crippen LogP contribution in [0.5, 0.6) is 0 Å². The van der Waals surface area contributed by atoms with Crippen molar-refractivity contribution in [3.8, 4) is 0 Å². The van der Waals surface area contributed by atoms with Gasteiger partial charge in [0.05, 0.1) is 29.8 Å². The molecule has 1 heterocycles. The number of carbonyl (C=O) groups excluding carboxylic acids is 1. The SMILES string of the molecule is CC1=C2CC(=O)[C@@]3(C)C(C[C@](O)(CC1)C2(C)C)C1CO[C@@H]1C[C@@H]3O. The molecule has 2 N–H and O–H groups in total. The zero-order valence-corrected chi connectivity index (χ0v) is 15.3. The van der Waals surface area contributed by atoms with E-state index in [0.717, 1.165) is 18.4 Å². The molecule has 2 unspecified atom stereocenters. The van der Waals surface area contributed by atoms with Crippen molar-refractivity contribution >= 4 is 5.78 Å². The van der Waals surface area contributed by atoms with Crippen molar-refractivity contribution in [2.24, 2.45) is 22.7 Å². The Bertz CT molecular complexity index is 621. The van der Waals surface area contributed by atoms with E-state index >= 15 is 0 Å². The van der Waals surface area contributed by atoms with Crippen LogP contribution in [0.25, 0.3) is 0 Å². The summed E-state index contributed by atoms with van der Waals surface area (Å²) >= 11 is 0. The van der Waals surface area contributed by atoms with Gasteiger partial charge in [-0.1, -0.05) is 25.0 Å². The third kappa shape index (κ3) is 1.88. The zero-order chi connectivity index (χ0) is 17.5. The average Bonchev–Trinajstić information content (AvgIpc) is 2.48. The number of hydrogen-bond donors (Lipinski definition) is 2. The van der Waals surface area contributed by atoms with Gasteiger partial charge in [0.15, 0.2) is 0 Å². The van der Waals surface area contributed by atoms with E-state index in [4.69, 9.17) is 4.74 Å². The average molecular weight is 334 g/mol. The lowest BCUT2D eigenvalue weighted by molar-refractivity contribution is -0.238. The minimum absolute atomic E-state index is 0.00303. The molecule has 0 aromatic heterocycles. The molecule has 4 heteroatoms. The summed E-state index contributed by atoms with van der Waals surface area (Å²) in [6, 6.07) is 0. The van der Waals surface area contributed by atoms with Crippen LogP contribution >= 0.6 is 0 Å². The second-order valence-electron chi connectivity index (χ2n) is 9.40. The number of aliphatic hydroxyl groups is 2. The van der Waals surface area contributed by atoms with Crippen LogP contribution in [0.2, 0.25) is 0 Å². The number of allylic oxidation sites excluding steroid dienone is 1. The third-order valence-electron chi connectivity index (χ3n) is 8.26. The fourth-order valence-corrected chi connectivity index (χ4v) is 5.99. The van der Waals surface area contributed by atoms with Crippen molar-refractivity contribution < 1.29 is 19.7 Å². The van der Waals surface area contributed by atoms with Crippen molar-refractivity contribution in [3.05, 3.63) is 11.1 Å². The Kier molecular flexibility index (Phi) is 3.44. The van der Waals surface area contributed by atoms with Crippen LogP contribution in [0.1, 0.15) is 59.8 Å². The normalized spacial score (nSPS) is 50.3. The molecule has 4 rings (SSSR count). The molecule has 3 aliphatic carbocycles. The summed E-state index contributed by atoms with van der Waals surface area (Å²) in [5.41, 5.74) is 0.369. The minimum Gasteiger partial charge on any atom is -0.392 e.